The molecule has 2 rings (SSSR count). The molecular weight excluding hydrogens is 284 g/mol. The minimum absolute atomic E-state index is 0.0526. The van der Waals surface area contributed by atoms with Crippen molar-refractivity contribution in [2.24, 2.45) is 0 Å². The number of rotatable bonds is 3. The minimum atomic E-state index is -0.0526. The Hall–Kier alpha value is -1.80. The molecule has 2 nitrogen and oxygen atoms in total. The zero-order chi connectivity index (χ0) is 15.6. The highest BCUT2D eigenvalue weighted by molar-refractivity contribution is 6.33. The van der Waals surface area contributed by atoms with E-state index in [0.717, 1.165) is 23.2 Å². The molecule has 0 aliphatic rings. The molecule has 0 spiro atoms. The Morgan fingerprint density at radius 3 is 2.43 bits per heavy atom. The second-order valence-corrected chi connectivity index (χ2v) is 6.53. The summed E-state index contributed by atoms with van der Waals surface area (Å²) in [4.78, 5) is 11.2. The summed E-state index contributed by atoms with van der Waals surface area (Å²) < 4.78 is 6.00. The van der Waals surface area contributed by atoms with E-state index in [1.54, 1.807) is 18.2 Å². The number of hydrogen-bond acceptors (Lipinski definition) is 2. The molecule has 0 radical (unpaired) electrons. The first kappa shape index (κ1) is 15.6. The van der Waals surface area contributed by atoms with Gasteiger partial charge in [0, 0.05) is 5.56 Å². The fourth-order valence-corrected chi connectivity index (χ4v) is 2.38. The molecule has 0 unspecified atom stereocenters. The van der Waals surface area contributed by atoms with Crippen LogP contribution in [0.3, 0.4) is 0 Å². The maximum atomic E-state index is 11.2. The smallest absolute Gasteiger partial charge is 0.155 e. The number of aryl methyl sites for hydroxylation is 1. The van der Waals surface area contributed by atoms with Gasteiger partial charge in [-0.3, -0.25) is 4.79 Å². The van der Waals surface area contributed by atoms with Gasteiger partial charge in [-0.15, -0.1) is 0 Å². The van der Waals surface area contributed by atoms with Gasteiger partial charge in [0.2, 0.25) is 0 Å². The first-order chi connectivity index (χ1) is 9.82. The second-order valence-electron chi connectivity index (χ2n) is 6.12. The Bertz CT molecular complexity index is 669. The highest BCUT2D eigenvalue weighted by atomic mass is 35.5. The SMILES string of the molecule is Cc1ccc(C(C)(C)C)c(Oc2cccc(Cl)c2C=O)c1. The molecule has 0 amide bonds. The summed E-state index contributed by atoms with van der Waals surface area (Å²) in [6.07, 6.45) is 0.726. The summed E-state index contributed by atoms with van der Waals surface area (Å²) >= 11 is 6.05. The molecule has 0 fully saturated rings. The lowest BCUT2D eigenvalue weighted by atomic mass is 9.86. The van der Waals surface area contributed by atoms with Gasteiger partial charge in [-0.1, -0.05) is 50.6 Å². The van der Waals surface area contributed by atoms with Crippen LogP contribution in [0.1, 0.15) is 42.3 Å². The standard InChI is InChI=1S/C18H19ClO2/c1-12-8-9-14(18(2,3)4)17(10-12)21-16-7-5-6-15(19)13(16)11-20/h5-11H,1-4H3. The molecule has 110 valence electrons. The minimum Gasteiger partial charge on any atom is -0.456 e. The van der Waals surface area contributed by atoms with E-state index in [4.69, 9.17) is 16.3 Å². The van der Waals surface area contributed by atoms with Crippen LogP contribution in [0.4, 0.5) is 0 Å². The van der Waals surface area contributed by atoms with Crippen LogP contribution in [0.5, 0.6) is 11.5 Å². The Morgan fingerprint density at radius 2 is 1.81 bits per heavy atom. The lowest BCUT2D eigenvalue weighted by Gasteiger charge is -2.23. The van der Waals surface area contributed by atoms with Crippen molar-refractivity contribution in [1.29, 1.82) is 0 Å². The topological polar surface area (TPSA) is 26.3 Å². The maximum Gasteiger partial charge on any atom is 0.155 e. The summed E-state index contributed by atoms with van der Waals surface area (Å²) in [5.74, 6) is 1.24. The monoisotopic (exact) mass is 302 g/mol. The molecule has 0 atom stereocenters. The lowest BCUT2D eigenvalue weighted by molar-refractivity contribution is 0.112. The van der Waals surface area contributed by atoms with Crippen molar-refractivity contribution in [2.75, 3.05) is 0 Å². The number of aldehydes is 1. The molecule has 0 aliphatic carbocycles. The van der Waals surface area contributed by atoms with Gasteiger partial charge in [-0.2, -0.15) is 0 Å². The predicted molar refractivity (Wildman–Crippen MR) is 86.8 cm³/mol. The van der Waals surface area contributed by atoms with Crippen molar-refractivity contribution in [3.63, 3.8) is 0 Å². The Kier molecular flexibility index (Phi) is 4.38. The molecule has 0 aromatic heterocycles. The van der Waals surface area contributed by atoms with Gasteiger partial charge >= 0.3 is 0 Å². The molecule has 0 saturated carbocycles. The zero-order valence-electron chi connectivity index (χ0n) is 12.7. The van der Waals surface area contributed by atoms with Crippen molar-refractivity contribution in [3.05, 3.63) is 58.1 Å². The molecule has 0 bridgehead atoms. The predicted octanol–water partition coefficient (Wildman–Crippen LogP) is 5.55. The second kappa shape index (κ2) is 5.90. The van der Waals surface area contributed by atoms with Crippen molar-refractivity contribution in [1.82, 2.24) is 0 Å². The van der Waals surface area contributed by atoms with E-state index in [1.165, 1.54) is 0 Å². The Morgan fingerprint density at radius 1 is 1.10 bits per heavy atom. The molecule has 0 heterocycles. The average Bonchev–Trinajstić information content (AvgIpc) is 2.37. The summed E-state index contributed by atoms with van der Waals surface area (Å²) in [6.45, 7) is 8.40. The van der Waals surface area contributed by atoms with E-state index in [2.05, 4.69) is 32.9 Å². The van der Waals surface area contributed by atoms with Crippen LogP contribution in [0.25, 0.3) is 0 Å². The van der Waals surface area contributed by atoms with Gasteiger partial charge in [-0.25, -0.2) is 0 Å². The van der Waals surface area contributed by atoms with Crippen LogP contribution in [-0.2, 0) is 5.41 Å². The fourth-order valence-electron chi connectivity index (χ4n) is 2.17. The third kappa shape index (κ3) is 3.45. The Labute approximate surface area is 130 Å². The normalized spacial score (nSPS) is 11.3. The summed E-state index contributed by atoms with van der Waals surface area (Å²) in [6, 6.07) is 11.3. The van der Waals surface area contributed by atoms with Crippen molar-refractivity contribution in [3.8, 4) is 11.5 Å². The molecule has 2 aromatic carbocycles. The van der Waals surface area contributed by atoms with E-state index in [-0.39, 0.29) is 5.41 Å². The molecule has 21 heavy (non-hydrogen) atoms. The molecule has 3 heteroatoms. The summed E-state index contributed by atoms with van der Waals surface area (Å²) in [5, 5.41) is 0.396. The van der Waals surface area contributed by atoms with Crippen LogP contribution >= 0.6 is 11.6 Å². The van der Waals surface area contributed by atoms with Gasteiger partial charge in [0.15, 0.2) is 6.29 Å². The summed E-state index contributed by atoms with van der Waals surface area (Å²) in [5.41, 5.74) is 2.52. The van der Waals surface area contributed by atoms with E-state index in [1.807, 2.05) is 13.0 Å². The first-order valence-electron chi connectivity index (χ1n) is 6.85. The molecule has 0 aliphatic heterocycles. The lowest BCUT2D eigenvalue weighted by Crippen LogP contribution is -2.12. The van der Waals surface area contributed by atoms with Crippen LogP contribution < -0.4 is 4.74 Å². The first-order valence-corrected chi connectivity index (χ1v) is 7.23. The molecule has 0 N–H and O–H groups in total. The van der Waals surface area contributed by atoms with Gasteiger partial charge in [0.05, 0.1) is 10.6 Å². The van der Waals surface area contributed by atoms with Crippen LogP contribution in [-0.4, -0.2) is 6.29 Å². The van der Waals surface area contributed by atoms with Crippen molar-refractivity contribution in [2.45, 2.75) is 33.1 Å². The van der Waals surface area contributed by atoms with E-state index in [9.17, 15) is 4.79 Å². The molecule has 0 saturated heterocycles. The van der Waals surface area contributed by atoms with Crippen molar-refractivity contribution < 1.29 is 9.53 Å². The third-order valence-corrected chi connectivity index (χ3v) is 3.63. The van der Waals surface area contributed by atoms with Crippen LogP contribution in [0.15, 0.2) is 36.4 Å². The van der Waals surface area contributed by atoms with Crippen LogP contribution in [0.2, 0.25) is 5.02 Å². The number of ether oxygens (including phenoxy) is 1. The average molecular weight is 303 g/mol. The zero-order valence-corrected chi connectivity index (χ0v) is 13.5. The van der Waals surface area contributed by atoms with Gasteiger partial charge < -0.3 is 4.74 Å². The highest BCUT2D eigenvalue weighted by Crippen LogP contribution is 2.36. The maximum absolute atomic E-state index is 11.2. The summed E-state index contributed by atoms with van der Waals surface area (Å²) in [7, 11) is 0. The Balaban J connectivity index is 2.52. The molecular formula is C18H19ClO2. The van der Waals surface area contributed by atoms with Crippen LogP contribution in [0, 0.1) is 6.92 Å². The quantitative estimate of drug-likeness (QED) is 0.695. The number of carbonyl (C=O) groups is 1. The number of carbonyl (C=O) groups excluding carboxylic acids is 1. The fraction of sp³-hybridized carbons (Fsp3) is 0.278. The number of benzene rings is 2. The van der Waals surface area contributed by atoms with Gasteiger partial charge in [0.1, 0.15) is 11.5 Å². The van der Waals surface area contributed by atoms with Gasteiger partial charge in [0.25, 0.3) is 0 Å². The third-order valence-electron chi connectivity index (χ3n) is 3.30. The molecule has 2 aromatic rings. The highest BCUT2D eigenvalue weighted by Gasteiger charge is 2.20. The van der Waals surface area contributed by atoms with Gasteiger partial charge in [-0.05, 0) is 36.1 Å². The largest absolute Gasteiger partial charge is 0.456 e. The number of hydrogen-bond donors (Lipinski definition) is 0. The van der Waals surface area contributed by atoms with E-state index >= 15 is 0 Å². The van der Waals surface area contributed by atoms with E-state index in [0.29, 0.717) is 16.3 Å². The number of halogens is 1. The van der Waals surface area contributed by atoms with Crippen molar-refractivity contribution >= 4 is 17.9 Å². The van der Waals surface area contributed by atoms with E-state index < -0.39 is 0 Å².